The van der Waals surface area contributed by atoms with Crippen molar-refractivity contribution in [2.75, 3.05) is 13.1 Å². The van der Waals surface area contributed by atoms with Crippen molar-refractivity contribution in [2.45, 2.75) is 38.6 Å². The van der Waals surface area contributed by atoms with Crippen LogP contribution in [0.15, 0.2) is 29.1 Å². The summed E-state index contributed by atoms with van der Waals surface area (Å²) in [5, 5.41) is 2.99. The molecule has 132 valence electrons. The first-order chi connectivity index (χ1) is 12.0. The normalized spacial score (nSPS) is 15.3. The number of nitrogens with zero attached hydrogens (tertiary/aromatic N) is 2. The Kier molecular flexibility index (Phi) is 5.11. The van der Waals surface area contributed by atoms with Gasteiger partial charge in [0.05, 0.1) is 11.0 Å². The number of para-hydroxylation sites is 2. The molecule has 0 atom stereocenters. The summed E-state index contributed by atoms with van der Waals surface area (Å²) >= 11 is 0. The number of carbonyl (C=O) groups excluding carboxylic acids is 2. The molecule has 2 heterocycles. The van der Waals surface area contributed by atoms with Crippen LogP contribution in [-0.4, -0.2) is 45.8 Å². The Labute approximate surface area is 145 Å². The monoisotopic (exact) mass is 342 g/mol. The van der Waals surface area contributed by atoms with Crippen LogP contribution >= 0.6 is 0 Å². The van der Waals surface area contributed by atoms with E-state index in [4.69, 9.17) is 0 Å². The van der Waals surface area contributed by atoms with Crippen LogP contribution in [0.25, 0.3) is 11.0 Å². The van der Waals surface area contributed by atoms with E-state index in [2.05, 4.69) is 15.3 Å². The molecule has 1 aromatic carbocycles. The molecule has 0 unspecified atom stereocenters. The molecule has 0 saturated carbocycles. The van der Waals surface area contributed by atoms with Crippen molar-refractivity contribution in [1.82, 2.24) is 20.2 Å². The van der Waals surface area contributed by atoms with Crippen molar-refractivity contribution in [3.63, 3.8) is 0 Å². The molecule has 3 rings (SSSR count). The Morgan fingerprint density at radius 2 is 2.00 bits per heavy atom. The van der Waals surface area contributed by atoms with E-state index in [-0.39, 0.29) is 29.8 Å². The quantitative estimate of drug-likeness (QED) is 0.866. The molecule has 1 aliphatic rings. The molecule has 7 nitrogen and oxygen atoms in total. The van der Waals surface area contributed by atoms with E-state index < -0.39 is 0 Å². The van der Waals surface area contributed by atoms with Gasteiger partial charge in [0.2, 0.25) is 11.8 Å². The minimum atomic E-state index is -0.249. The van der Waals surface area contributed by atoms with E-state index in [1.165, 1.54) is 0 Å². The van der Waals surface area contributed by atoms with E-state index >= 15 is 0 Å². The number of aryl methyl sites for hydroxylation is 1. The number of aromatic nitrogens is 2. The number of hydrogen-bond donors (Lipinski definition) is 2. The number of fused-ring (bicyclic) bond motifs is 1. The van der Waals surface area contributed by atoms with Crippen molar-refractivity contribution in [3.8, 4) is 0 Å². The summed E-state index contributed by atoms with van der Waals surface area (Å²) in [6, 6.07) is 7.42. The fourth-order valence-corrected chi connectivity index (χ4v) is 3.11. The van der Waals surface area contributed by atoms with Crippen LogP contribution in [0, 0.1) is 0 Å². The first-order valence-electron chi connectivity index (χ1n) is 8.56. The summed E-state index contributed by atoms with van der Waals surface area (Å²) < 4.78 is 0. The van der Waals surface area contributed by atoms with Gasteiger partial charge in [0.1, 0.15) is 5.69 Å². The fourth-order valence-electron chi connectivity index (χ4n) is 3.11. The van der Waals surface area contributed by atoms with Crippen LogP contribution in [0.2, 0.25) is 0 Å². The Morgan fingerprint density at radius 1 is 1.28 bits per heavy atom. The highest BCUT2D eigenvalue weighted by Crippen LogP contribution is 2.11. The lowest BCUT2D eigenvalue weighted by molar-refractivity contribution is -0.130. The first-order valence-corrected chi connectivity index (χ1v) is 8.56. The van der Waals surface area contributed by atoms with Crippen LogP contribution in [0.1, 0.15) is 31.9 Å². The third-order valence-corrected chi connectivity index (χ3v) is 4.56. The summed E-state index contributed by atoms with van der Waals surface area (Å²) in [6.45, 7) is 2.91. The molecule has 1 aliphatic heterocycles. The van der Waals surface area contributed by atoms with E-state index in [1.54, 1.807) is 17.9 Å². The number of likely N-dealkylation sites (tertiary alicyclic amines) is 1. The second kappa shape index (κ2) is 7.46. The second-order valence-electron chi connectivity index (χ2n) is 6.38. The van der Waals surface area contributed by atoms with Gasteiger partial charge in [0, 0.05) is 38.9 Å². The lowest BCUT2D eigenvalue weighted by Crippen LogP contribution is -2.46. The van der Waals surface area contributed by atoms with Crippen molar-refractivity contribution in [1.29, 1.82) is 0 Å². The SMILES string of the molecule is CC(=O)N1CCC(NC(=O)CCc2nc3ccccc3[nH]c2=O)CC1. The highest BCUT2D eigenvalue weighted by molar-refractivity contribution is 5.77. The number of carbonyl (C=O) groups is 2. The van der Waals surface area contributed by atoms with Crippen molar-refractivity contribution < 1.29 is 9.59 Å². The van der Waals surface area contributed by atoms with Gasteiger partial charge in [-0.15, -0.1) is 0 Å². The minimum absolute atomic E-state index is 0.0754. The maximum absolute atomic E-state index is 12.1. The van der Waals surface area contributed by atoms with Crippen LogP contribution in [-0.2, 0) is 16.0 Å². The number of rotatable bonds is 4. The third kappa shape index (κ3) is 4.23. The molecule has 2 amide bonds. The van der Waals surface area contributed by atoms with Gasteiger partial charge in [-0.05, 0) is 25.0 Å². The first kappa shape index (κ1) is 17.1. The van der Waals surface area contributed by atoms with Crippen LogP contribution in [0.5, 0.6) is 0 Å². The number of amides is 2. The van der Waals surface area contributed by atoms with Gasteiger partial charge in [-0.1, -0.05) is 12.1 Å². The van der Waals surface area contributed by atoms with E-state index in [0.29, 0.717) is 36.2 Å². The molecule has 1 saturated heterocycles. The maximum atomic E-state index is 12.1. The zero-order valence-electron chi connectivity index (χ0n) is 14.2. The summed E-state index contributed by atoms with van der Waals surface area (Å²) in [5.74, 6) is -0.0120. The average molecular weight is 342 g/mol. The molecule has 7 heteroatoms. The van der Waals surface area contributed by atoms with Gasteiger partial charge in [-0.25, -0.2) is 4.98 Å². The molecule has 0 aliphatic carbocycles. The summed E-state index contributed by atoms with van der Waals surface area (Å²) in [4.78, 5) is 44.4. The van der Waals surface area contributed by atoms with Gasteiger partial charge in [-0.2, -0.15) is 0 Å². The molecule has 2 N–H and O–H groups in total. The standard InChI is InChI=1S/C18H22N4O3/c1-12(23)22-10-8-13(9-11-22)19-17(24)7-6-16-18(25)21-15-5-3-2-4-14(15)20-16/h2-5,13H,6-11H2,1H3,(H,19,24)(H,21,25). The van der Waals surface area contributed by atoms with Gasteiger partial charge < -0.3 is 15.2 Å². The topological polar surface area (TPSA) is 95.2 Å². The molecular formula is C18H22N4O3. The number of piperidine rings is 1. The van der Waals surface area contributed by atoms with Crippen molar-refractivity contribution in [3.05, 3.63) is 40.3 Å². The van der Waals surface area contributed by atoms with E-state index in [1.807, 2.05) is 18.2 Å². The second-order valence-corrected chi connectivity index (χ2v) is 6.38. The Bertz CT molecular complexity index is 838. The largest absolute Gasteiger partial charge is 0.353 e. The zero-order valence-corrected chi connectivity index (χ0v) is 14.2. The Balaban J connectivity index is 1.54. The summed E-state index contributed by atoms with van der Waals surface area (Å²) in [7, 11) is 0. The molecule has 0 bridgehead atoms. The average Bonchev–Trinajstić information content (AvgIpc) is 2.60. The predicted octanol–water partition coefficient (Wildman–Crippen LogP) is 0.983. The lowest BCUT2D eigenvalue weighted by atomic mass is 10.0. The fraction of sp³-hybridized carbons (Fsp3) is 0.444. The number of nitrogens with one attached hydrogen (secondary N) is 2. The van der Waals surface area contributed by atoms with Crippen LogP contribution in [0.3, 0.4) is 0 Å². The maximum Gasteiger partial charge on any atom is 0.270 e. The van der Waals surface area contributed by atoms with Crippen LogP contribution < -0.4 is 10.9 Å². The Hall–Kier alpha value is -2.70. The molecular weight excluding hydrogens is 320 g/mol. The highest BCUT2D eigenvalue weighted by Gasteiger charge is 2.21. The lowest BCUT2D eigenvalue weighted by Gasteiger charge is -2.31. The summed E-state index contributed by atoms with van der Waals surface area (Å²) in [6.07, 6.45) is 2.06. The van der Waals surface area contributed by atoms with E-state index in [9.17, 15) is 14.4 Å². The van der Waals surface area contributed by atoms with Crippen molar-refractivity contribution in [2.24, 2.45) is 0 Å². The highest BCUT2D eigenvalue weighted by atomic mass is 16.2. The molecule has 2 aromatic rings. The van der Waals surface area contributed by atoms with Crippen molar-refractivity contribution >= 4 is 22.8 Å². The number of benzene rings is 1. The molecule has 1 aromatic heterocycles. The zero-order chi connectivity index (χ0) is 17.8. The predicted molar refractivity (Wildman–Crippen MR) is 94.1 cm³/mol. The van der Waals surface area contributed by atoms with Crippen LogP contribution in [0.4, 0.5) is 0 Å². The summed E-state index contributed by atoms with van der Waals surface area (Å²) in [5.41, 5.74) is 1.54. The van der Waals surface area contributed by atoms with E-state index in [0.717, 1.165) is 12.8 Å². The number of H-pyrrole nitrogens is 1. The van der Waals surface area contributed by atoms with Gasteiger partial charge in [0.25, 0.3) is 5.56 Å². The molecule has 1 fully saturated rings. The minimum Gasteiger partial charge on any atom is -0.353 e. The number of hydrogen-bond acceptors (Lipinski definition) is 4. The molecule has 25 heavy (non-hydrogen) atoms. The third-order valence-electron chi connectivity index (χ3n) is 4.56. The van der Waals surface area contributed by atoms with Gasteiger partial charge >= 0.3 is 0 Å². The number of aromatic amines is 1. The smallest absolute Gasteiger partial charge is 0.270 e. The van der Waals surface area contributed by atoms with Gasteiger partial charge in [-0.3, -0.25) is 14.4 Å². The molecule has 0 spiro atoms. The Morgan fingerprint density at radius 3 is 2.72 bits per heavy atom. The van der Waals surface area contributed by atoms with Gasteiger partial charge in [0.15, 0.2) is 0 Å². The molecule has 0 radical (unpaired) electrons.